The fourth-order valence-corrected chi connectivity index (χ4v) is 2.47. The van der Waals surface area contributed by atoms with E-state index in [2.05, 4.69) is 4.90 Å². The van der Waals surface area contributed by atoms with Gasteiger partial charge in [-0.3, -0.25) is 9.69 Å². The maximum absolute atomic E-state index is 11.3. The Labute approximate surface area is 90.9 Å². The van der Waals surface area contributed by atoms with Gasteiger partial charge in [-0.25, -0.2) is 0 Å². The second kappa shape index (κ2) is 5.47. The zero-order valence-electron chi connectivity index (χ0n) is 9.41. The van der Waals surface area contributed by atoms with E-state index in [4.69, 9.17) is 5.11 Å². The van der Waals surface area contributed by atoms with Crippen molar-refractivity contribution >= 4 is 5.97 Å². The largest absolute Gasteiger partial charge is 0.480 e. The van der Waals surface area contributed by atoms with E-state index in [-0.39, 0.29) is 6.61 Å². The Morgan fingerprint density at radius 1 is 1.47 bits per heavy atom. The molecule has 0 radical (unpaired) electrons. The summed E-state index contributed by atoms with van der Waals surface area (Å²) in [5.74, 6) is -0.688. The Morgan fingerprint density at radius 2 is 2.20 bits per heavy atom. The maximum atomic E-state index is 11.3. The SMILES string of the molecule is CCC1(C(=O)O)CCCN1CCCCO. The molecule has 0 aromatic carbocycles. The van der Waals surface area contributed by atoms with Crippen LogP contribution in [0.4, 0.5) is 0 Å². The number of hydrogen-bond acceptors (Lipinski definition) is 3. The van der Waals surface area contributed by atoms with Gasteiger partial charge >= 0.3 is 5.97 Å². The summed E-state index contributed by atoms with van der Waals surface area (Å²) in [6.07, 6.45) is 4.04. The number of unbranched alkanes of at least 4 members (excludes halogenated alkanes) is 1. The molecule has 15 heavy (non-hydrogen) atoms. The normalized spacial score (nSPS) is 27.1. The highest BCUT2D eigenvalue weighted by molar-refractivity contribution is 5.79. The lowest BCUT2D eigenvalue weighted by Crippen LogP contribution is -2.50. The van der Waals surface area contributed by atoms with E-state index in [0.717, 1.165) is 38.8 Å². The summed E-state index contributed by atoms with van der Waals surface area (Å²) >= 11 is 0. The van der Waals surface area contributed by atoms with Crippen LogP contribution in [0.1, 0.15) is 39.0 Å². The Morgan fingerprint density at radius 3 is 2.73 bits per heavy atom. The summed E-state index contributed by atoms with van der Waals surface area (Å²) in [4.78, 5) is 13.4. The molecule has 1 saturated heterocycles. The Kier molecular flexibility index (Phi) is 4.54. The zero-order valence-corrected chi connectivity index (χ0v) is 9.41. The van der Waals surface area contributed by atoms with Gasteiger partial charge in [-0.2, -0.15) is 0 Å². The van der Waals surface area contributed by atoms with Gasteiger partial charge in [0.1, 0.15) is 5.54 Å². The Balaban J connectivity index is 2.57. The Bertz CT molecular complexity index is 220. The van der Waals surface area contributed by atoms with Gasteiger partial charge in [-0.1, -0.05) is 6.92 Å². The van der Waals surface area contributed by atoms with E-state index < -0.39 is 11.5 Å². The van der Waals surface area contributed by atoms with Crippen molar-refractivity contribution in [3.63, 3.8) is 0 Å². The third-order valence-corrected chi connectivity index (χ3v) is 3.44. The van der Waals surface area contributed by atoms with E-state index >= 15 is 0 Å². The summed E-state index contributed by atoms with van der Waals surface area (Å²) in [5.41, 5.74) is -0.630. The molecule has 4 heteroatoms. The molecule has 4 nitrogen and oxygen atoms in total. The lowest BCUT2D eigenvalue weighted by Gasteiger charge is -2.33. The van der Waals surface area contributed by atoms with E-state index in [9.17, 15) is 9.90 Å². The number of aliphatic carboxylic acids is 1. The molecule has 1 rings (SSSR count). The molecule has 0 aliphatic carbocycles. The average Bonchev–Trinajstić information content (AvgIpc) is 2.62. The van der Waals surface area contributed by atoms with Gasteiger partial charge < -0.3 is 10.2 Å². The maximum Gasteiger partial charge on any atom is 0.324 e. The topological polar surface area (TPSA) is 60.8 Å². The molecule has 1 fully saturated rings. The van der Waals surface area contributed by atoms with Crippen molar-refractivity contribution < 1.29 is 15.0 Å². The molecular formula is C11H21NO3. The molecule has 0 saturated carbocycles. The van der Waals surface area contributed by atoms with E-state index in [0.29, 0.717) is 6.42 Å². The molecule has 1 atom stereocenters. The molecule has 0 bridgehead atoms. The minimum Gasteiger partial charge on any atom is -0.480 e. The number of rotatable bonds is 6. The van der Waals surface area contributed by atoms with Crippen LogP contribution in [0.5, 0.6) is 0 Å². The second-order valence-electron chi connectivity index (χ2n) is 4.21. The van der Waals surface area contributed by atoms with Gasteiger partial charge in [0.15, 0.2) is 0 Å². The highest BCUT2D eigenvalue weighted by Gasteiger charge is 2.45. The first-order valence-electron chi connectivity index (χ1n) is 5.76. The van der Waals surface area contributed by atoms with Crippen molar-refractivity contribution in [1.82, 2.24) is 4.90 Å². The molecule has 1 unspecified atom stereocenters. The summed E-state index contributed by atoms with van der Waals surface area (Å²) in [6, 6.07) is 0. The lowest BCUT2D eigenvalue weighted by molar-refractivity contribution is -0.150. The third-order valence-electron chi connectivity index (χ3n) is 3.44. The van der Waals surface area contributed by atoms with Gasteiger partial charge in [-0.15, -0.1) is 0 Å². The summed E-state index contributed by atoms with van der Waals surface area (Å²) in [5, 5.41) is 18.0. The fraction of sp³-hybridized carbons (Fsp3) is 0.909. The van der Waals surface area contributed by atoms with Gasteiger partial charge in [0.2, 0.25) is 0 Å². The highest BCUT2D eigenvalue weighted by Crippen LogP contribution is 2.32. The second-order valence-corrected chi connectivity index (χ2v) is 4.21. The van der Waals surface area contributed by atoms with Crippen LogP contribution in [0.25, 0.3) is 0 Å². The number of hydrogen-bond donors (Lipinski definition) is 2. The van der Waals surface area contributed by atoms with Gasteiger partial charge in [0.05, 0.1) is 0 Å². The van der Waals surface area contributed by atoms with Crippen molar-refractivity contribution in [1.29, 1.82) is 0 Å². The van der Waals surface area contributed by atoms with Crippen LogP contribution in [0, 0.1) is 0 Å². The van der Waals surface area contributed by atoms with E-state index in [1.54, 1.807) is 0 Å². The molecule has 1 aliphatic heterocycles. The minimum atomic E-state index is -0.688. The molecule has 1 aliphatic rings. The molecule has 1 heterocycles. The van der Waals surface area contributed by atoms with Gasteiger partial charge in [0.25, 0.3) is 0 Å². The number of carboxylic acids is 1. The van der Waals surface area contributed by atoms with Crippen LogP contribution in [0.2, 0.25) is 0 Å². The average molecular weight is 215 g/mol. The van der Waals surface area contributed by atoms with Crippen molar-refractivity contribution in [3.8, 4) is 0 Å². The summed E-state index contributed by atoms with van der Waals surface area (Å²) < 4.78 is 0. The predicted molar refractivity (Wildman–Crippen MR) is 57.8 cm³/mol. The highest BCUT2D eigenvalue weighted by atomic mass is 16.4. The van der Waals surface area contributed by atoms with Crippen molar-refractivity contribution in [2.75, 3.05) is 19.7 Å². The quantitative estimate of drug-likeness (QED) is 0.651. The molecular weight excluding hydrogens is 194 g/mol. The third kappa shape index (κ3) is 2.49. The number of likely N-dealkylation sites (tertiary alicyclic amines) is 1. The number of carboxylic acid groups (broad SMARTS) is 1. The number of aliphatic hydroxyl groups is 1. The smallest absolute Gasteiger partial charge is 0.324 e. The first-order valence-corrected chi connectivity index (χ1v) is 5.76. The molecule has 88 valence electrons. The molecule has 0 spiro atoms. The molecule has 0 aromatic rings. The first kappa shape index (κ1) is 12.5. The van der Waals surface area contributed by atoms with Crippen molar-refractivity contribution in [3.05, 3.63) is 0 Å². The summed E-state index contributed by atoms with van der Waals surface area (Å²) in [6.45, 7) is 3.81. The molecule has 0 amide bonds. The van der Waals surface area contributed by atoms with Crippen LogP contribution in [-0.2, 0) is 4.79 Å². The van der Waals surface area contributed by atoms with E-state index in [1.165, 1.54) is 0 Å². The van der Waals surface area contributed by atoms with Gasteiger partial charge in [-0.05, 0) is 45.2 Å². The minimum absolute atomic E-state index is 0.194. The fourth-order valence-electron chi connectivity index (χ4n) is 2.47. The number of nitrogens with zero attached hydrogens (tertiary/aromatic N) is 1. The zero-order chi connectivity index (χ0) is 11.3. The van der Waals surface area contributed by atoms with E-state index in [1.807, 2.05) is 6.92 Å². The Hall–Kier alpha value is -0.610. The monoisotopic (exact) mass is 215 g/mol. The lowest BCUT2D eigenvalue weighted by atomic mass is 9.93. The van der Waals surface area contributed by atoms with Crippen LogP contribution in [0.15, 0.2) is 0 Å². The standard InChI is InChI=1S/C11H21NO3/c1-2-11(10(14)15)6-5-8-12(11)7-3-4-9-13/h13H,2-9H2,1H3,(H,14,15). The van der Waals surface area contributed by atoms with Crippen LogP contribution in [0.3, 0.4) is 0 Å². The van der Waals surface area contributed by atoms with Gasteiger partial charge in [0, 0.05) is 6.61 Å². The summed E-state index contributed by atoms with van der Waals surface area (Å²) in [7, 11) is 0. The molecule has 0 aromatic heterocycles. The van der Waals surface area contributed by atoms with Crippen LogP contribution < -0.4 is 0 Å². The first-order chi connectivity index (χ1) is 7.17. The predicted octanol–water partition coefficient (Wildman–Crippen LogP) is 1.09. The van der Waals surface area contributed by atoms with Crippen molar-refractivity contribution in [2.24, 2.45) is 0 Å². The van der Waals surface area contributed by atoms with Crippen molar-refractivity contribution in [2.45, 2.75) is 44.6 Å². The molecule has 2 N–H and O–H groups in total. The van der Waals surface area contributed by atoms with Crippen LogP contribution >= 0.6 is 0 Å². The number of carbonyl (C=O) groups is 1. The number of aliphatic hydroxyl groups excluding tert-OH is 1. The van der Waals surface area contributed by atoms with Crippen LogP contribution in [-0.4, -0.2) is 46.3 Å².